The molecule has 1 aromatic heterocycles. The molecule has 0 spiro atoms. The van der Waals surface area contributed by atoms with Gasteiger partial charge in [-0.25, -0.2) is 4.98 Å². The molecule has 0 fully saturated rings. The highest BCUT2D eigenvalue weighted by atomic mass is 16.5. The molecule has 0 aliphatic rings. The van der Waals surface area contributed by atoms with E-state index >= 15 is 0 Å². The molecule has 0 amide bonds. The summed E-state index contributed by atoms with van der Waals surface area (Å²) in [6.45, 7) is 5.85. The SMILES string of the molecule is CC(C)(C)Oc1ccc(C#N)cn1. The molecule has 0 atom stereocenters. The molecular weight excluding hydrogens is 164 g/mol. The zero-order chi connectivity index (χ0) is 9.90. The van der Waals surface area contributed by atoms with Crippen LogP contribution in [0.1, 0.15) is 26.3 Å². The molecule has 0 saturated heterocycles. The second kappa shape index (κ2) is 3.44. The molecule has 1 aromatic rings. The highest BCUT2D eigenvalue weighted by molar-refractivity contribution is 5.28. The maximum Gasteiger partial charge on any atom is 0.213 e. The van der Waals surface area contributed by atoms with E-state index in [1.54, 1.807) is 12.1 Å². The van der Waals surface area contributed by atoms with Gasteiger partial charge in [0, 0.05) is 12.3 Å². The van der Waals surface area contributed by atoms with Crippen LogP contribution in [0.4, 0.5) is 0 Å². The normalized spacial score (nSPS) is 10.6. The van der Waals surface area contributed by atoms with E-state index in [1.807, 2.05) is 26.8 Å². The first-order chi connectivity index (χ1) is 6.01. The second-order valence-corrected chi connectivity index (χ2v) is 3.71. The number of ether oxygens (including phenoxy) is 1. The summed E-state index contributed by atoms with van der Waals surface area (Å²) < 4.78 is 5.48. The summed E-state index contributed by atoms with van der Waals surface area (Å²) in [7, 11) is 0. The van der Waals surface area contributed by atoms with Crippen LogP contribution in [-0.4, -0.2) is 10.6 Å². The first-order valence-electron chi connectivity index (χ1n) is 4.06. The summed E-state index contributed by atoms with van der Waals surface area (Å²) in [6, 6.07) is 5.39. The van der Waals surface area contributed by atoms with Gasteiger partial charge in [-0.2, -0.15) is 5.26 Å². The largest absolute Gasteiger partial charge is 0.472 e. The van der Waals surface area contributed by atoms with Gasteiger partial charge in [-0.15, -0.1) is 0 Å². The number of hydrogen-bond donors (Lipinski definition) is 0. The van der Waals surface area contributed by atoms with Crippen molar-refractivity contribution in [3.05, 3.63) is 23.9 Å². The predicted octanol–water partition coefficient (Wildman–Crippen LogP) is 2.13. The Morgan fingerprint density at radius 1 is 1.38 bits per heavy atom. The molecule has 0 saturated carbocycles. The van der Waals surface area contributed by atoms with Crippen LogP contribution in [0.15, 0.2) is 18.3 Å². The summed E-state index contributed by atoms with van der Waals surface area (Å²) in [4.78, 5) is 3.99. The third-order valence-electron chi connectivity index (χ3n) is 1.28. The molecule has 0 radical (unpaired) electrons. The van der Waals surface area contributed by atoms with E-state index in [1.165, 1.54) is 6.20 Å². The van der Waals surface area contributed by atoms with E-state index in [-0.39, 0.29) is 5.60 Å². The van der Waals surface area contributed by atoms with E-state index in [4.69, 9.17) is 10.00 Å². The van der Waals surface area contributed by atoms with E-state index in [2.05, 4.69) is 4.98 Å². The van der Waals surface area contributed by atoms with Gasteiger partial charge in [0.05, 0.1) is 5.56 Å². The smallest absolute Gasteiger partial charge is 0.213 e. The Balaban J connectivity index is 2.77. The van der Waals surface area contributed by atoms with Crippen molar-refractivity contribution in [1.29, 1.82) is 5.26 Å². The van der Waals surface area contributed by atoms with Crippen molar-refractivity contribution in [2.45, 2.75) is 26.4 Å². The fourth-order valence-corrected chi connectivity index (χ4v) is 0.821. The van der Waals surface area contributed by atoms with Gasteiger partial charge in [-0.1, -0.05) is 0 Å². The van der Waals surface area contributed by atoms with Crippen LogP contribution in [0.3, 0.4) is 0 Å². The molecule has 1 heterocycles. The van der Waals surface area contributed by atoms with Crippen LogP contribution in [0.2, 0.25) is 0 Å². The van der Waals surface area contributed by atoms with Gasteiger partial charge in [-0.3, -0.25) is 0 Å². The number of nitrogens with zero attached hydrogens (tertiary/aromatic N) is 2. The number of hydrogen-bond acceptors (Lipinski definition) is 3. The lowest BCUT2D eigenvalue weighted by molar-refractivity contribution is 0.124. The monoisotopic (exact) mass is 176 g/mol. The van der Waals surface area contributed by atoms with Crippen molar-refractivity contribution in [2.24, 2.45) is 0 Å². The minimum Gasteiger partial charge on any atom is -0.472 e. The molecule has 0 N–H and O–H groups in total. The molecule has 3 nitrogen and oxygen atoms in total. The number of aromatic nitrogens is 1. The molecule has 68 valence electrons. The van der Waals surface area contributed by atoms with Gasteiger partial charge < -0.3 is 4.74 Å². The average molecular weight is 176 g/mol. The zero-order valence-corrected chi connectivity index (χ0v) is 8.03. The lowest BCUT2D eigenvalue weighted by atomic mass is 10.2. The first-order valence-corrected chi connectivity index (χ1v) is 4.06. The van der Waals surface area contributed by atoms with Gasteiger partial charge in [0.1, 0.15) is 11.7 Å². The van der Waals surface area contributed by atoms with Crippen molar-refractivity contribution in [2.75, 3.05) is 0 Å². The summed E-state index contributed by atoms with van der Waals surface area (Å²) in [5.74, 6) is 0.548. The second-order valence-electron chi connectivity index (χ2n) is 3.71. The standard InChI is InChI=1S/C10H12N2O/c1-10(2,3)13-9-5-4-8(6-11)7-12-9/h4-5,7H,1-3H3. The topological polar surface area (TPSA) is 45.9 Å². The van der Waals surface area contributed by atoms with Crippen LogP contribution in [0, 0.1) is 11.3 Å². The quantitative estimate of drug-likeness (QED) is 0.658. The molecular formula is C10H12N2O. The van der Waals surface area contributed by atoms with Crippen LogP contribution in [-0.2, 0) is 0 Å². The van der Waals surface area contributed by atoms with E-state index in [0.717, 1.165) is 0 Å². The number of nitriles is 1. The highest BCUT2D eigenvalue weighted by Gasteiger charge is 2.11. The summed E-state index contributed by atoms with van der Waals surface area (Å²) in [5, 5.41) is 8.53. The lowest BCUT2D eigenvalue weighted by Crippen LogP contribution is -2.23. The average Bonchev–Trinajstić information content (AvgIpc) is 2.03. The highest BCUT2D eigenvalue weighted by Crippen LogP contribution is 2.14. The van der Waals surface area contributed by atoms with Crippen molar-refractivity contribution in [3.63, 3.8) is 0 Å². The predicted molar refractivity (Wildman–Crippen MR) is 49.3 cm³/mol. The van der Waals surface area contributed by atoms with Crippen LogP contribution in [0.25, 0.3) is 0 Å². The maximum atomic E-state index is 8.53. The Bertz CT molecular complexity index is 316. The summed E-state index contributed by atoms with van der Waals surface area (Å²) in [6.07, 6.45) is 1.50. The van der Waals surface area contributed by atoms with E-state index in [0.29, 0.717) is 11.4 Å². The molecule has 1 rings (SSSR count). The molecule has 0 aromatic carbocycles. The minimum absolute atomic E-state index is 0.249. The number of rotatable bonds is 1. The summed E-state index contributed by atoms with van der Waals surface area (Å²) >= 11 is 0. The molecule has 0 bridgehead atoms. The molecule has 13 heavy (non-hydrogen) atoms. The van der Waals surface area contributed by atoms with Crippen molar-refractivity contribution in [1.82, 2.24) is 4.98 Å². The van der Waals surface area contributed by atoms with Gasteiger partial charge in [0.15, 0.2) is 0 Å². The molecule has 0 unspecified atom stereocenters. The third kappa shape index (κ3) is 3.12. The van der Waals surface area contributed by atoms with Gasteiger partial charge in [0.2, 0.25) is 5.88 Å². The van der Waals surface area contributed by atoms with E-state index in [9.17, 15) is 0 Å². The molecule has 0 aliphatic heterocycles. The Kier molecular flexibility index (Phi) is 2.52. The van der Waals surface area contributed by atoms with Crippen LogP contribution < -0.4 is 4.74 Å². The van der Waals surface area contributed by atoms with Crippen molar-refractivity contribution < 1.29 is 4.74 Å². The molecule has 3 heteroatoms. The molecule has 0 aliphatic carbocycles. The van der Waals surface area contributed by atoms with Crippen molar-refractivity contribution >= 4 is 0 Å². The van der Waals surface area contributed by atoms with Gasteiger partial charge in [0.25, 0.3) is 0 Å². The van der Waals surface area contributed by atoms with Crippen molar-refractivity contribution in [3.8, 4) is 11.9 Å². The Labute approximate surface area is 78.0 Å². The van der Waals surface area contributed by atoms with Gasteiger partial charge >= 0.3 is 0 Å². The Hall–Kier alpha value is -1.56. The maximum absolute atomic E-state index is 8.53. The first kappa shape index (κ1) is 9.53. The van der Waals surface area contributed by atoms with E-state index < -0.39 is 0 Å². The van der Waals surface area contributed by atoms with Crippen LogP contribution >= 0.6 is 0 Å². The third-order valence-corrected chi connectivity index (χ3v) is 1.28. The summed E-state index contributed by atoms with van der Waals surface area (Å²) in [5.41, 5.74) is 0.294. The lowest BCUT2D eigenvalue weighted by Gasteiger charge is -2.19. The Morgan fingerprint density at radius 3 is 2.46 bits per heavy atom. The fraction of sp³-hybridized carbons (Fsp3) is 0.400. The minimum atomic E-state index is -0.249. The van der Waals surface area contributed by atoms with Gasteiger partial charge in [-0.05, 0) is 26.8 Å². The zero-order valence-electron chi connectivity index (χ0n) is 8.03. The Morgan fingerprint density at radius 2 is 2.08 bits per heavy atom. The van der Waals surface area contributed by atoms with Crippen LogP contribution in [0.5, 0.6) is 5.88 Å². The number of pyridine rings is 1. The fourth-order valence-electron chi connectivity index (χ4n) is 0.821.